The van der Waals surface area contributed by atoms with Gasteiger partial charge >= 0.3 is 0 Å². The molecule has 0 fully saturated rings. The number of rotatable bonds is 7. The molecule has 1 heterocycles. The lowest BCUT2D eigenvalue weighted by atomic mass is 10.1. The molecule has 0 amide bonds. The van der Waals surface area contributed by atoms with E-state index in [9.17, 15) is 12.8 Å². The third-order valence-electron chi connectivity index (χ3n) is 4.99. The molecule has 0 spiro atoms. The van der Waals surface area contributed by atoms with Gasteiger partial charge in [-0.2, -0.15) is 4.98 Å². The van der Waals surface area contributed by atoms with Crippen LogP contribution in [-0.4, -0.2) is 30.4 Å². The van der Waals surface area contributed by atoms with E-state index in [1.165, 1.54) is 6.26 Å². The summed E-state index contributed by atoms with van der Waals surface area (Å²) in [5.41, 5.74) is 4.75. The number of nitrogens with zero attached hydrogens (tertiary/aromatic N) is 2. The number of nitrogens with one attached hydrogen (secondary N) is 2. The van der Waals surface area contributed by atoms with Crippen molar-refractivity contribution in [2.45, 2.75) is 19.8 Å². The number of aromatic nitrogens is 2. The highest BCUT2D eigenvalue weighted by Gasteiger charge is 2.17. The lowest BCUT2D eigenvalue weighted by Gasteiger charge is -2.11. The summed E-state index contributed by atoms with van der Waals surface area (Å²) in [7, 11) is -3.03. The SMILES string of the molecule is CC1=Cc2c(ccc(Nc3ccnc(Nc4cccc(CCS(C)(=O)=O)c4)n3)c2F)C1. The average molecular weight is 439 g/mol. The maximum Gasteiger partial charge on any atom is 0.229 e. The molecule has 4 rings (SSSR count). The molecule has 2 N–H and O–H groups in total. The number of fused-ring (bicyclic) bond motifs is 1. The van der Waals surface area contributed by atoms with E-state index in [0.717, 1.165) is 28.8 Å². The number of aryl methyl sites for hydroxylation is 1. The maximum absolute atomic E-state index is 14.9. The van der Waals surface area contributed by atoms with Crippen LogP contribution in [0.5, 0.6) is 0 Å². The van der Waals surface area contributed by atoms with E-state index >= 15 is 0 Å². The van der Waals surface area contributed by atoms with Crippen LogP contribution in [0.15, 0.2) is 54.2 Å². The standard InChI is InChI=1S/C23H23FN4O2S/c1-15-12-17-6-7-20(22(24)19(17)13-15)27-21-8-10-25-23(28-21)26-18-5-3-4-16(14-18)9-11-31(2,29)30/h3-8,10,13-14H,9,11-12H2,1-2H3,(H2,25,26,27,28). The van der Waals surface area contributed by atoms with E-state index in [2.05, 4.69) is 20.6 Å². The second kappa shape index (κ2) is 8.47. The minimum Gasteiger partial charge on any atom is -0.338 e. The van der Waals surface area contributed by atoms with Crippen molar-refractivity contribution in [2.24, 2.45) is 0 Å². The molecular weight excluding hydrogens is 415 g/mol. The second-order valence-corrected chi connectivity index (χ2v) is 10.0. The summed E-state index contributed by atoms with van der Waals surface area (Å²) in [5.74, 6) is 0.611. The van der Waals surface area contributed by atoms with Crippen LogP contribution in [0.3, 0.4) is 0 Å². The minimum absolute atomic E-state index is 0.0907. The van der Waals surface area contributed by atoms with Crippen LogP contribution in [0.4, 0.5) is 27.5 Å². The third kappa shape index (κ3) is 5.27. The predicted molar refractivity (Wildman–Crippen MR) is 122 cm³/mol. The molecule has 6 nitrogen and oxygen atoms in total. The zero-order chi connectivity index (χ0) is 22.0. The molecule has 0 bridgehead atoms. The molecule has 2 aromatic carbocycles. The van der Waals surface area contributed by atoms with Crippen molar-refractivity contribution in [1.82, 2.24) is 9.97 Å². The van der Waals surface area contributed by atoms with Crippen LogP contribution in [0, 0.1) is 5.82 Å². The molecular formula is C23H23FN4O2S. The average Bonchev–Trinajstić information content (AvgIpc) is 3.10. The van der Waals surface area contributed by atoms with E-state index in [1.54, 1.807) is 18.3 Å². The van der Waals surface area contributed by atoms with Crippen molar-refractivity contribution in [1.29, 1.82) is 0 Å². The van der Waals surface area contributed by atoms with Crippen LogP contribution >= 0.6 is 0 Å². The van der Waals surface area contributed by atoms with Crippen molar-refractivity contribution < 1.29 is 12.8 Å². The van der Waals surface area contributed by atoms with E-state index in [4.69, 9.17) is 0 Å². The summed E-state index contributed by atoms with van der Waals surface area (Å²) in [4.78, 5) is 8.64. The molecule has 1 aromatic heterocycles. The summed E-state index contributed by atoms with van der Waals surface area (Å²) in [6.45, 7) is 1.99. The fraction of sp³-hybridized carbons (Fsp3) is 0.217. The molecule has 160 valence electrons. The van der Waals surface area contributed by atoms with E-state index in [1.807, 2.05) is 43.3 Å². The summed E-state index contributed by atoms with van der Waals surface area (Å²) < 4.78 is 37.7. The Morgan fingerprint density at radius 3 is 2.77 bits per heavy atom. The van der Waals surface area contributed by atoms with Crippen molar-refractivity contribution in [3.63, 3.8) is 0 Å². The number of allylic oxidation sites excluding steroid dienone is 1. The fourth-order valence-electron chi connectivity index (χ4n) is 3.50. The van der Waals surface area contributed by atoms with Gasteiger partial charge in [0.15, 0.2) is 5.82 Å². The molecule has 8 heteroatoms. The summed E-state index contributed by atoms with van der Waals surface area (Å²) in [6, 6.07) is 12.8. The zero-order valence-electron chi connectivity index (χ0n) is 17.3. The van der Waals surface area contributed by atoms with Crippen molar-refractivity contribution in [3.05, 3.63) is 76.7 Å². The zero-order valence-corrected chi connectivity index (χ0v) is 18.1. The van der Waals surface area contributed by atoms with Gasteiger partial charge in [-0.3, -0.25) is 0 Å². The van der Waals surface area contributed by atoms with Crippen LogP contribution in [0.1, 0.15) is 23.6 Å². The molecule has 0 saturated carbocycles. The normalized spacial score (nSPS) is 12.9. The molecule has 3 aromatic rings. The predicted octanol–water partition coefficient (Wildman–Crippen LogP) is 4.65. The van der Waals surface area contributed by atoms with E-state index in [-0.39, 0.29) is 11.6 Å². The molecule has 1 aliphatic carbocycles. The van der Waals surface area contributed by atoms with Gasteiger partial charge in [0.2, 0.25) is 5.95 Å². The lowest BCUT2D eigenvalue weighted by molar-refractivity contribution is 0.601. The van der Waals surface area contributed by atoms with Crippen molar-refractivity contribution in [2.75, 3.05) is 22.6 Å². The molecule has 0 unspecified atom stereocenters. The Hall–Kier alpha value is -3.26. The molecule has 0 aliphatic heterocycles. The highest BCUT2D eigenvalue weighted by atomic mass is 32.2. The Labute approximate surface area is 181 Å². The lowest BCUT2D eigenvalue weighted by Crippen LogP contribution is -2.06. The van der Waals surface area contributed by atoms with Crippen molar-refractivity contribution in [3.8, 4) is 0 Å². The minimum atomic E-state index is -3.03. The largest absolute Gasteiger partial charge is 0.338 e. The smallest absolute Gasteiger partial charge is 0.229 e. The van der Waals surface area contributed by atoms with E-state index < -0.39 is 9.84 Å². The Kier molecular flexibility index (Phi) is 5.73. The molecule has 1 aliphatic rings. The van der Waals surface area contributed by atoms with Gasteiger partial charge in [-0.1, -0.05) is 29.8 Å². The highest BCUT2D eigenvalue weighted by molar-refractivity contribution is 7.90. The van der Waals surface area contributed by atoms with Gasteiger partial charge in [0.05, 0.1) is 11.4 Å². The van der Waals surface area contributed by atoms with Crippen LogP contribution in [-0.2, 0) is 22.7 Å². The van der Waals surface area contributed by atoms with Crippen LogP contribution in [0.25, 0.3) is 6.08 Å². The van der Waals surface area contributed by atoms with E-state index in [0.29, 0.717) is 29.4 Å². The molecule has 0 saturated heterocycles. The van der Waals surface area contributed by atoms with Gasteiger partial charge < -0.3 is 10.6 Å². The quantitative estimate of drug-likeness (QED) is 0.559. The molecule has 31 heavy (non-hydrogen) atoms. The fourth-order valence-corrected chi connectivity index (χ4v) is 4.11. The van der Waals surface area contributed by atoms with Crippen LogP contribution in [0.2, 0.25) is 0 Å². The van der Waals surface area contributed by atoms with Crippen LogP contribution < -0.4 is 10.6 Å². The first kappa shape index (κ1) is 21.0. The topological polar surface area (TPSA) is 84.0 Å². The summed E-state index contributed by atoms with van der Waals surface area (Å²) in [5, 5.41) is 6.14. The highest BCUT2D eigenvalue weighted by Crippen LogP contribution is 2.32. The third-order valence-corrected chi connectivity index (χ3v) is 5.94. The van der Waals surface area contributed by atoms with Gasteiger partial charge in [-0.15, -0.1) is 0 Å². The van der Waals surface area contributed by atoms with Gasteiger partial charge in [0.1, 0.15) is 15.7 Å². The Morgan fingerprint density at radius 1 is 1.13 bits per heavy atom. The Balaban J connectivity index is 1.49. The first-order chi connectivity index (χ1) is 14.8. The van der Waals surface area contributed by atoms with Gasteiger partial charge in [-0.25, -0.2) is 17.8 Å². The number of anilines is 4. The maximum atomic E-state index is 14.9. The van der Waals surface area contributed by atoms with Gasteiger partial charge in [-0.05, 0) is 55.2 Å². The number of benzene rings is 2. The second-order valence-electron chi connectivity index (χ2n) is 7.76. The van der Waals surface area contributed by atoms with Gasteiger partial charge in [0.25, 0.3) is 0 Å². The first-order valence-corrected chi connectivity index (χ1v) is 12.0. The first-order valence-electron chi connectivity index (χ1n) is 9.89. The van der Waals surface area contributed by atoms with Gasteiger partial charge in [0, 0.05) is 23.7 Å². The Morgan fingerprint density at radius 2 is 1.97 bits per heavy atom. The number of hydrogen-bond acceptors (Lipinski definition) is 6. The summed E-state index contributed by atoms with van der Waals surface area (Å²) >= 11 is 0. The molecule has 0 radical (unpaired) electrons. The Bertz CT molecular complexity index is 1270. The monoisotopic (exact) mass is 438 g/mol. The number of halogens is 1. The number of hydrogen-bond donors (Lipinski definition) is 2. The molecule has 0 atom stereocenters. The van der Waals surface area contributed by atoms with Crippen molar-refractivity contribution >= 4 is 39.1 Å². The number of sulfone groups is 1. The summed E-state index contributed by atoms with van der Waals surface area (Å²) in [6.07, 6.45) is 5.89.